The Kier molecular flexibility index (Phi) is 7.80. The molecule has 0 atom stereocenters. The highest BCUT2D eigenvalue weighted by atomic mass is 16.5. The van der Waals surface area contributed by atoms with E-state index in [1.165, 1.54) is 11.3 Å². The van der Waals surface area contributed by atoms with Crippen molar-refractivity contribution in [3.05, 3.63) is 17.0 Å². The molecule has 0 bridgehead atoms. The van der Waals surface area contributed by atoms with Gasteiger partial charge in [-0.25, -0.2) is 0 Å². The van der Waals surface area contributed by atoms with Crippen molar-refractivity contribution in [1.82, 2.24) is 15.1 Å². The molecule has 1 aromatic rings. The first kappa shape index (κ1) is 17.1. The summed E-state index contributed by atoms with van der Waals surface area (Å²) in [6, 6.07) is 0.528. The van der Waals surface area contributed by atoms with Gasteiger partial charge in [0.1, 0.15) is 0 Å². The predicted molar refractivity (Wildman–Crippen MR) is 81.2 cm³/mol. The Hall–Kier alpha value is -0.910. The smallest absolute Gasteiger partial charge is 0.0701 e. The Bertz CT molecular complexity index is 389. The molecule has 1 rings (SSSR count). The van der Waals surface area contributed by atoms with Crippen molar-refractivity contribution in [3.63, 3.8) is 0 Å². The van der Waals surface area contributed by atoms with E-state index in [2.05, 4.69) is 38.1 Å². The fourth-order valence-electron chi connectivity index (χ4n) is 2.19. The summed E-state index contributed by atoms with van der Waals surface area (Å²) in [4.78, 5) is 0. The van der Waals surface area contributed by atoms with Gasteiger partial charge in [0.2, 0.25) is 0 Å². The zero-order valence-electron chi connectivity index (χ0n) is 13.5. The third-order valence-electron chi connectivity index (χ3n) is 3.34. The Morgan fingerprint density at radius 2 is 1.95 bits per heavy atom. The number of aromatic nitrogens is 2. The zero-order chi connectivity index (χ0) is 15.0. The number of rotatable bonds is 10. The van der Waals surface area contributed by atoms with Gasteiger partial charge in [-0.1, -0.05) is 13.8 Å². The Balaban J connectivity index is 2.44. The molecule has 116 valence electrons. The van der Waals surface area contributed by atoms with E-state index >= 15 is 0 Å². The number of nitrogens with zero attached hydrogens (tertiary/aromatic N) is 2. The molecule has 0 aliphatic carbocycles. The van der Waals surface area contributed by atoms with E-state index < -0.39 is 0 Å². The number of methoxy groups -OCH3 is 1. The Morgan fingerprint density at radius 1 is 1.20 bits per heavy atom. The van der Waals surface area contributed by atoms with Crippen LogP contribution in [0.5, 0.6) is 0 Å². The molecule has 0 aromatic carbocycles. The average molecular weight is 283 g/mol. The maximum Gasteiger partial charge on any atom is 0.0701 e. The van der Waals surface area contributed by atoms with Crippen molar-refractivity contribution >= 4 is 0 Å². The van der Waals surface area contributed by atoms with Crippen LogP contribution in [-0.4, -0.2) is 49.3 Å². The van der Waals surface area contributed by atoms with Gasteiger partial charge in [0.15, 0.2) is 0 Å². The van der Waals surface area contributed by atoms with E-state index in [9.17, 15) is 0 Å². The second kappa shape index (κ2) is 9.10. The van der Waals surface area contributed by atoms with Crippen LogP contribution in [0.1, 0.15) is 30.8 Å². The molecule has 0 saturated carbocycles. The molecular formula is C15H29N3O2. The molecule has 0 unspecified atom stereocenters. The highest BCUT2D eigenvalue weighted by molar-refractivity contribution is 5.24. The number of hydrogen-bond acceptors (Lipinski definition) is 4. The largest absolute Gasteiger partial charge is 0.382 e. The second-order valence-electron chi connectivity index (χ2n) is 5.34. The first-order chi connectivity index (χ1) is 9.56. The summed E-state index contributed by atoms with van der Waals surface area (Å²) in [5.74, 6) is 0. The Morgan fingerprint density at radius 3 is 2.60 bits per heavy atom. The Labute approximate surface area is 122 Å². The molecule has 1 heterocycles. The highest BCUT2D eigenvalue weighted by Crippen LogP contribution is 2.13. The van der Waals surface area contributed by atoms with E-state index in [0.717, 1.165) is 25.2 Å². The van der Waals surface area contributed by atoms with E-state index in [1.807, 2.05) is 4.68 Å². The lowest BCUT2D eigenvalue weighted by molar-refractivity contribution is 0.0651. The van der Waals surface area contributed by atoms with E-state index in [-0.39, 0.29) is 0 Å². The van der Waals surface area contributed by atoms with E-state index in [4.69, 9.17) is 9.47 Å². The maximum atomic E-state index is 5.50. The lowest BCUT2D eigenvalue weighted by Gasteiger charge is -2.09. The molecule has 0 saturated heterocycles. The standard InChI is InChI=1S/C15H29N3O2/c1-12(2)16-7-6-15-13(3)17-18(14(15)4)8-9-20-11-10-19-5/h12,16H,6-11H2,1-5H3. The van der Waals surface area contributed by atoms with Crippen LogP contribution in [0.2, 0.25) is 0 Å². The summed E-state index contributed by atoms with van der Waals surface area (Å²) >= 11 is 0. The first-order valence-corrected chi connectivity index (χ1v) is 7.39. The van der Waals surface area contributed by atoms with Gasteiger partial charge in [0.05, 0.1) is 32.1 Å². The van der Waals surface area contributed by atoms with Crippen molar-refractivity contribution < 1.29 is 9.47 Å². The quantitative estimate of drug-likeness (QED) is 0.664. The number of hydrogen-bond donors (Lipinski definition) is 1. The van der Waals surface area contributed by atoms with Crippen molar-refractivity contribution in [2.75, 3.05) is 33.5 Å². The second-order valence-corrected chi connectivity index (χ2v) is 5.34. The monoisotopic (exact) mass is 283 g/mol. The number of ether oxygens (including phenoxy) is 2. The van der Waals surface area contributed by atoms with Crippen LogP contribution in [0.4, 0.5) is 0 Å². The van der Waals surface area contributed by atoms with Gasteiger partial charge >= 0.3 is 0 Å². The normalized spacial score (nSPS) is 11.5. The van der Waals surface area contributed by atoms with Gasteiger partial charge in [-0.2, -0.15) is 5.10 Å². The van der Waals surface area contributed by atoms with Gasteiger partial charge in [0, 0.05) is 18.8 Å². The molecule has 1 aromatic heterocycles. The topological polar surface area (TPSA) is 48.3 Å². The molecule has 1 N–H and O–H groups in total. The van der Waals surface area contributed by atoms with Crippen LogP contribution in [0.3, 0.4) is 0 Å². The molecule has 0 aliphatic rings. The average Bonchev–Trinajstić information content (AvgIpc) is 2.65. The van der Waals surface area contributed by atoms with Crippen molar-refractivity contribution in [3.8, 4) is 0 Å². The summed E-state index contributed by atoms with van der Waals surface area (Å²) in [6.45, 7) is 12.3. The van der Waals surface area contributed by atoms with Crippen LogP contribution < -0.4 is 5.32 Å². The van der Waals surface area contributed by atoms with E-state index in [0.29, 0.717) is 25.9 Å². The van der Waals surface area contributed by atoms with E-state index in [1.54, 1.807) is 7.11 Å². The fourth-order valence-corrected chi connectivity index (χ4v) is 2.19. The van der Waals surface area contributed by atoms with Crippen LogP contribution in [0, 0.1) is 13.8 Å². The van der Waals surface area contributed by atoms with Crippen molar-refractivity contribution in [2.24, 2.45) is 0 Å². The molecule has 20 heavy (non-hydrogen) atoms. The first-order valence-electron chi connectivity index (χ1n) is 7.39. The summed E-state index contributed by atoms with van der Waals surface area (Å²) in [7, 11) is 1.68. The predicted octanol–water partition coefficient (Wildman–Crippen LogP) is 1.70. The lowest BCUT2D eigenvalue weighted by atomic mass is 10.1. The van der Waals surface area contributed by atoms with Crippen molar-refractivity contribution in [1.29, 1.82) is 0 Å². The number of aryl methyl sites for hydroxylation is 1. The lowest BCUT2D eigenvalue weighted by Crippen LogP contribution is -2.25. The third-order valence-corrected chi connectivity index (χ3v) is 3.34. The molecule has 0 fully saturated rings. The molecule has 0 amide bonds. The van der Waals surface area contributed by atoms with Crippen LogP contribution in [-0.2, 0) is 22.4 Å². The molecule has 0 spiro atoms. The molecule has 5 heteroatoms. The molecule has 0 aliphatic heterocycles. The summed E-state index contributed by atoms with van der Waals surface area (Å²) < 4.78 is 12.5. The van der Waals surface area contributed by atoms with Gasteiger partial charge in [0.25, 0.3) is 0 Å². The minimum Gasteiger partial charge on any atom is -0.382 e. The summed E-state index contributed by atoms with van der Waals surface area (Å²) in [5, 5.41) is 8.05. The highest BCUT2D eigenvalue weighted by Gasteiger charge is 2.11. The summed E-state index contributed by atoms with van der Waals surface area (Å²) in [6.07, 6.45) is 1.03. The fraction of sp³-hybridized carbons (Fsp3) is 0.800. The van der Waals surface area contributed by atoms with Gasteiger partial charge in [-0.15, -0.1) is 0 Å². The van der Waals surface area contributed by atoms with Crippen LogP contribution in [0.25, 0.3) is 0 Å². The van der Waals surface area contributed by atoms with Gasteiger partial charge in [-0.05, 0) is 32.4 Å². The molecule has 0 radical (unpaired) electrons. The maximum absolute atomic E-state index is 5.50. The zero-order valence-corrected chi connectivity index (χ0v) is 13.5. The van der Waals surface area contributed by atoms with Crippen LogP contribution >= 0.6 is 0 Å². The van der Waals surface area contributed by atoms with Crippen molar-refractivity contribution in [2.45, 2.75) is 46.7 Å². The minimum absolute atomic E-state index is 0.528. The summed E-state index contributed by atoms with van der Waals surface area (Å²) in [5.41, 5.74) is 3.74. The van der Waals surface area contributed by atoms with Gasteiger partial charge < -0.3 is 14.8 Å². The number of nitrogens with one attached hydrogen (secondary N) is 1. The molecular weight excluding hydrogens is 254 g/mol. The van der Waals surface area contributed by atoms with Gasteiger partial charge in [-0.3, -0.25) is 4.68 Å². The third kappa shape index (κ3) is 5.61. The SMILES string of the molecule is COCCOCCn1nc(C)c(CCNC(C)C)c1C. The van der Waals surface area contributed by atoms with Crippen LogP contribution in [0.15, 0.2) is 0 Å². The molecule has 5 nitrogen and oxygen atoms in total. The minimum atomic E-state index is 0.528.